The largest absolute Gasteiger partial charge is 0.438 e. The van der Waals surface area contributed by atoms with Crippen LogP contribution in [0.2, 0.25) is 0 Å². The van der Waals surface area contributed by atoms with E-state index >= 15 is 0 Å². The molecule has 2 rings (SSSR count). The summed E-state index contributed by atoms with van der Waals surface area (Å²) in [5.74, 6) is 0.262. The van der Waals surface area contributed by atoms with Gasteiger partial charge in [-0.2, -0.15) is 0 Å². The lowest BCUT2D eigenvalue weighted by Crippen LogP contribution is -2.32. The summed E-state index contributed by atoms with van der Waals surface area (Å²) in [6.45, 7) is 1.94. The minimum atomic E-state index is -0.554. The van der Waals surface area contributed by atoms with Crippen molar-refractivity contribution in [3.8, 4) is 0 Å². The third-order valence-electron chi connectivity index (χ3n) is 2.38. The highest BCUT2D eigenvalue weighted by Crippen LogP contribution is 2.20. The monoisotopic (exact) mass is 249 g/mol. The number of aromatic nitrogens is 1. The van der Waals surface area contributed by atoms with Gasteiger partial charge in [0.05, 0.1) is 6.04 Å². The highest BCUT2D eigenvalue weighted by molar-refractivity contribution is 5.95. The first kappa shape index (κ1) is 12.5. The lowest BCUT2D eigenvalue weighted by molar-refractivity contribution is -0.117. The molecule has 0 aliphatic carbocycles. The van der Waals surface area contributed by atoms with Crippen molar-refractivity contribution in [1.82, 2.24) is 4.98 Å². The van der Waals surface area contributed by atoms with Crippen LogP contribution in [-0.4, -0.2) is 24.0 Å². The molecule has 0 bridgehead atoms. The van der Waals surface area contributed by atoms with E-state index in [2.05, 4.69) is 10.3 Å². The molecule has 3 N–H and O–H groups in total. The molecule has 0 aliphatic heterocycles. The van der Waals surface area contributed by atoms with Gasteiger partial charge in [-0.05, 0) is 25.1 Å². The number of rotatable bonds is 4. The van der Waals surface area contributed by atoms with Gasteiger partial charge in [0.1, 0.15) is 12.1 Å². The molecule has 0 unspecified atom stereocenters. The van der Waals surface area contributed by atoms with Gasteiger partial charge >= 0.3 is 0 Å². The molecule has 0 spiro atoms. The molecular formula is C12H15N3O3. The van der Waals surface area contributed by atoms with E-state index in [9.17, 15) is 4.79 Å². The molecule has 1 aromatic carbocycles. The first-order chi connectivity index (χ1) is 8.60. The second kappa shape index (κ2) is 5.16. The second-order valence-electron chi connectivity index (χ2n) is 4.00. The summed E-state index contributed by atoms with van der Waals surface area (Å²) in [7, 11) is 1.57. The van der Waals surface area contributed by atoms with Gasteiger partial charge in [0, 0.05) is 12.8 Å². The van der Waals surface area contributed by atoms with Crippen LogP contribution in [0.5, 0.6) is 0 Å². The van der Waals surface area contributed by atoms with Crippen LogP contribution < -0.4 is 11.1 Å². The Hall–Kier alpha value is -1.92. The molecule has 96 valence electrons. The molecule has 0 saturated carbocycles. The average molecular weight is 249 g/mol. The van der Waals surface area contributed by atoms with Gasteiger partial charge in [-0.25, -0.2) is 4.98 Å². The number of anilines is 1. The number of methoxy groups -OCH3 is 1. The molecule has 6 nitrogen and oxygen atoms in total. The van der Waals surface area contributed by atoms with Crippen LogP contribution in [0.1, 0.15) is 12.8 Å². The Balaban J connectivity index is 2.24. The summed E-state index contributed by atoms with van der Waals surface area (Å²) in [5.41, 5.74) is 7.44. The van der Waals surface area contributed by atoms with E-state index < -0.39 is 6.04 Å². The van der Waals surface area contributed by atoms with Crippen molar-refractivity contribution in [3.05, 3.63) is 24.1 Å². The van der Waals surface area contributed by atoms with Crippen LogP contribution in [0.4, 0.5) is 5.69 Å². The van der Waals surface area contributed by atoms with Crippen LogP contribution in [-0.2, 0) is 16.1 Å². The number of nitrogens with one attached hydrogen (secondary N) is 1. The predicted molar refractivity (Wildman–Crippen MR) is 67.0 cm³/mol. The molecular weight excluding hydrogens is 234 g/mol. The first-order valence-corrected chi connectivity index (χ1v) is 5.55. The first-order valence-electron chi connectivity index (χ1n) is 5.55. The fourth-order valence-corrected chi connectivity index (χ4v) is 1.49. The van der Waals surface area contributed by atoms with Gasteiger partial charge in [-0.3, -0.25) is 4.79 Å². The Bertz CT molecular complexity index is 563. The molecule has 1 aromatic heterocycles. The minimum Gasteiger partial charge on any atom is -0.438 e. The number of fused-ring (bicyclic) bond motifs is 1. The third kappa shape index (κ3) is 2.66. The zero-order valence-corrected chi connectivity index (χ0v) is 10.3. The smallest absolute Gasteiger partial charge is 0.240 e. The zero-order chi connectivity index (χ0) is 13.1. The van der Waals surface area contributed by atoms with Crippen molar-refractivity contribution in [1.29, 1.82) is 0 Å². The van der Waals surface area contributed by atoms with Crippen molar-refractivity contribution >= 4 is 22.7 Å². The van der Waals surface area contributed by atoms with Crippen LogP contribution in [0.25, 0.3) is 11.1 Å². The minimum absolute atomic E-state index is 0.241. The van der Waals surface area contributed by atoms with Crippen LogP contribution >= 0.6 is 0 Å². The van der Waals surface area contributed by atoms with Gasteiger partial charge in [0.25, 0.3) is 0 Å². The number of nitrogens with two attached hydrogens (primary N) is 1. The summed E-state index contributed by atoms with van der Waals surface area (Å²) in [6, 6.07) is 4.67. The van der Waals surface area contributed by atoms with Gasteiger partial charge in [-0.15, -0.1) is 0 Å². The Labute approximate surface area is 104 Å². The predicted octanol–water partition coefficient (Wildman–Crippen LogP) is 1.26. The number of oxazole rings is 1. The molecule has 1 atom stereocenters. The molecule has 1 amide bonds. The maximum atomic E-state index is 11.5. The van der Waals surface area contributed by atoms with Gasteiger partial charge in [0.15, 0.2) is 5.58 Å². The molecule has 6 heteroatoms. The van der Waals surface area contributed by atoms with E-state index in [1.165, 1.54) is 0 Å². The number of carbonyl (C=O) groups excluding carboxylic acids is 1. The maximum absolute atomic E-state index is 11.5. The van der Waals surface area contributed by atoms with Gasteiger partial charge in [-0.1, -0.05) is 0 Å². The summed E-state index contributed by atoms with van der Waals surface area (Å²) in [6.07, 6.45) is 0. The highest BCUT2D eigenvalue weighted by Gasteiger charge is 2.10. The molecule has 0 aliphatic rings. The van der Waals surface area contributed by atoms with E-state index in [4.69, 9.17) is 14.9 Å². The molecule has 1 heterocycles. The molecule has 2 aromatic rings. The van der Waals surface area contributed by atoms with Crippen molar-refractivity contribution in [2.75, 3.05) is 12.4 Å². The lowest BCUT2D eigenvalue weighted by Gasteiger charge is -2.06. The van der Waals surface area contributed by atoms with Crippen molar-refractivity contribution < 1.29 is 13.9 Å². The Morgan fingerprint density at radius 1 is 1.61 bits per heavy atom. The van der Waals surface area contributed by atoms with Crippen LogP contribution in [0, 0.1) is 0 Å². The topological polar surface area (TPSA) is 90.4 Å². The van der Waals surface area contributed by atoms with Crippen molar-refractivity contribution in [2.45, 2.75) is 19.6 Å². The van der Waals surface area contributed by atoms with E-state index in [0.29, 0.717) is 29.3 Å². The number of benzene rings is 1. The summed E-state index contributed by atoms with van der Waals surface area (Å²) in [4.78, 5) is 15.7. The molecule has 0 fully saturated rings. The van der Waals surface area contributed by atoms with Crippen LogP contribution in [0.15, 0.2) is 22.6 Å². The fraction of sp³-hybridized carbons (Fsp3) is 0.333. The molecule has 0 radical (unpaired) electrons. The number of ether oxygens (including phenoxy) is 1. The number of nitrogens with zero attached hydrogens (tertiary/aromatic N) is 1. The van der Waals surface area contributed by atoms with Crippen LogP contribution in [0.3, 0.4) is 0 Å². The number of carbonyl (C=O) groups is 1. The molecule has 18 heavy (non-hydrogen) atoms. The molecule has 0 saturated heterocycles. The Kier molecular flexibility index (Phi) is 3.59. The van der Waals surface area contributed by atoms with E-state index in [0.717, 1.165) is 0 Å². The normalized spacial score (nSPS) is 12.6. The third-order valence-corrected chi connectivity index (χ3v) is 2.38. The van der Waals surface area contributed by atoms with Gasteiger partial charge < -0.3 is 20.2 Å². The van der Waals surface area contributed by atoms with Crippen molar-refractivity contribution in [2.24, 2.45) is 5.73 Å². The van der Waals surface area contributed by atoms with Crippen molar-refractivity contribution in [3.63, 3.8) is 0 Å². The zero-order valence-electron chi connectivity index (χ0n) is 10.3. The van der Waals surface area contributed by atoms with E-state index in [1.54, 1.807) is 32.2 Å². The number of hydrogen-bond donors (Lipinski definition) is 2. The summed E-state index contributed by atoms with van der Waals surface area (Å²) < 4.78 is 10.4. The number of hydrogen-bond acceptors (Lipinski definition) is 5. The Morgan fingerprint density at radius 2 is 2.39 bits per heavy atom. The highest BCUT2D eigenvalue weighted by atomic mass is 16.5. The summed E-state index contributed by atoms with van der Waals surface area (Å²) >= 11 is 0. The van der Waals surface area contributed by atoms with E-state index in [1.807, 2.05) is 0 Å². The Morgan fingerprint density at radius 3 is 3.06 bits per heavy atom. The lowest BCUT2D eigenvalue weighted by atomic mass is 10.2. The quantitative estimate of drug-likeness (QED) is 0.851. The summed E-state index contributed by atoms with van der Waals surface area (Å²) in [5, 5.41) is 2.70. The second-order valence-corrected chi connectivity index (χ2v) is 4.00. The fourth-order valence-electron chi connectivity index (χ4n) is 1.49. The SMILES string of the molecule is COCc1nc2cc(NC(=O)[C@@H](C)N)ccc2o1. The van der Waals surface area contributed by atoms with Gasteiger partial charge in [0.2, 0.25) is 11.8 Å². The maximum Gasteiger partial charge on any atom is 0.240 e. The van der Waals surface area contributed by atoms with E-state index in [-0.39, 0.29) is 5.91 Å². The average Bonchev–Trinajstić information content (AvgIpc) is 2.71. The standard InChI is InChI=1S/C12H15N3O3/c1-7(13)12(16)14-8-3-4-10-9(5-8)15-11(18-10)6-17-2/h3-5,7H,6,13H2,1-2H3,(H,14,16)/t7-/m1/s1. The number of amides is 1.